The molecule has 0 aliphatic heterocycles. The molecule has 0 saturated heterocycles. The molecular formula is C18H24N4OS. The molecule has 24 heavy (non-hydrogen) atoms. The number of nitriles is 1. The van der Waals surface area contributed by atoms with Gasteiger partial charge in [0, 0.05) is 6.04 Å². The maximum atomic E-state index is 12.3. The number of nitrogens with one attached hydrogen (secondary N) is 1. The molecule has 1 amide bonds. The minimum absolute atomic E-state index is 0.0214. The molecule has 2 fully saturated rings. The van der Waals surface area contributed by atoms with Gasteiger partial charge in [0.25, 0.3) is 0 Å². The van der Waals surface area contributed by atoms with E-state index in [1.54, 1.807) is 13.8 Å². The Bertz CT molecular complexity index is 684. The number of amides is 1. The summed E-state index contributed by atoms with van der Waals surface area (Å²) in [5.74, 6) is 3.26. The van der Waals surface area contributed by atoms with Crippen molar-refractivity contribution in [3.05, 3.63) is 17.1 Å². The lowest BCUT2D eigenvalue weighted by atomic mass is 9.84. The van der Waals surface area contributed by atoms with Crippen molar-refractivity contribution in [3.8, 4) is 6.07 Å². The van der Waals surface area contributed by atoms with Crippen molar-refractivity contribution in [1.82, 2.24) is 15.3 Å². The molecule has 1 N–H and O–H groups in total. The molecule has 3 rings (SSSR count). The van der Waals surface area contributed by atoms with Crippen LogP contribution in [0.15, 0.2) is 5.03 Å². The van der Waals surface area contributed by atoms with Crippen LogP contribution in [0, 0.1) is 42.9 Å². The average Bonchev–Trinajstić information content (AvgIpc) is 3.15. The van der Waals surface area contributed by atoms with Crippen LogP contribution in [0.4, 0.5) is 0 Å². The molecular weight excluding hydrogens is 320 g/mol. The number of nitrogens with zero attached hydrogens (tertiary/aromatic N) is 3. The van der Waals surface area contributed by atoms with Gasteiger partial charge >= 0.3 is 0 Å². The van der Waals surface area contributed by atoms with Crippen LogP contribution >= 0.6 is 11.8 Å². The van der Waals surface area contributed by atoms with Crippen molar-refractivity contribution >= 4 is 17.7 Å². The smallest absolute Gasteiger partial charge is 0.230 e. The number of rotatable bonds is 5. The number of hydrogen-bond donors (Lipinski definition) is 1. The Morgan fingerprint density at radius 3 is 2.79 bits per heavy atom. The van der Waals surface area contributed by atoms with Crippen molar-refractivity contribution in [2.24, 2.45) is 17.8 Å². The SMILES string of the molecule is Cc1nc(C)c(C#N)c(SCC(=O)NC(C)C2CC3CCC2C3)n1. The molecule has 5 nitrogen and oxygen atoms in total. The zero-order valence-corrected chi connectivity index (χ0v) is 15.3. The highest BCUT2D eigenvalue weighted by Crippen LogP contribution is 2.49. The second-order valence-electron chi connectivity index (χ2n) is 7.13. The topological polar surface area (TPSA) is 78.7 Å². The Kier molecular flexibility index (Phi) is 5.09. The van der Waals surface area contributed by atoms with Gasteiger partial charge in [-0.2, -0.15) is 5.26 Å². The summed E-state index contributed by atoms with van der Waals surface area (Å²) in [7, 11) is 0. The fourth-order valence-corrected chi connectivity index (χ4v) is 5.24. The van der Waals surface area contributed by atoms with Gasteiger partial charge in [0.2, 0.25) is 5.91 Å². The van der Waals surface area contributed by atoms with E-state index in [1.165, 1.54) is 37.4 Å². The van der Waals surface area contributed by atoms with Crippen LogP contribution in [0.5, 0.6) is 0 Å². The predicted molar refractivity (Wildman–Crippen MR) is 93.5 cm³/mol. The third kappa shape index (κ3) is 3.56. The van der Waals surface area contributed by atoms with E-state index in [9.17, 15) is 10.1 Å². The molecule has 1 aromatic heterocycles. The molecule has 2 saturated carbocycles. The number of aromatic nitrogens is 2. The molecule has 6 heteroatoms. The van der Waals surface area contributed by atoms with Crippen LogP contribution in [-0.4, -0.2) is 27.7 Å². The lowest BCUT2D eigenvalue weighted by Gasteiger charge is -2.28. The van der Waals surface area contributed by atoms with E-state index in [2.05, 4.69) is 28.3 Å². The number of hydrogen-bond acceptors (Lipinski definition) is 5. The van der Waals surface area contributed by atoms with Crippen molar-refractivity contribution in [2.75, 3.05) is 5.75 Å². The minimum Gasteiger partial charge on any atom is -0.353 e. The van der Waals surface area contributed by atoms with Gasteiger partial charge in [0.05, 0.1) is 11.4 Å². The number of carbonyl (C=O) groups excluding carboxylic acids is 1. The first kappa shape index (κ1) is 17.2. The monoisotopic (exact) mass is 344 g/mol. The van der Waals surface area contributed by atoms with Gasteiger partial charge in [-0.15, -0.1) is 0 Å². The first-order valence-corrected chi connectivity index (χ1v) is 9.64. The average molecular weight is 344 g/mol. The van der Waals surface area contributed by atoms with E-state index in [0.29, 0.717) is 28.0 Å². The summed E-state index contributed by atoms with van der Waals surface area (Å²) < 4.78 is 0. The summed E-state index contributed by atoms with van der Waals surface area (Å²) in [5.41, 5.74) is 1.14. The highest BCUT2D eigenvalue weighted by molar-refractivity contribution is 8.00. The van der Waals surface area contributed by atoms with E-state index in [4.69, 9.17) is 0 Å². The van der Waals surface area contributed by atoms with E-state index in [1.807, 2.05) is 0 Å². The maximum Gasteiger partial charge on any atom is 0.230 e. The zero-order valence-electron chi connectivity index (χ0n) is 14.5. The molecule has 2 aliphatic rings. The fraction of sp³-hybridized carbons (Fsp3) is 0.667. The summed E-state index contributed by atoms with van der Waals surface area (Å²) in [6, 6.07) is 2.38. The molecule has 4 atom stereocenters. The minimum atomic E-state index is 0.0214. The van der Waals surface area contributed by atoms with Crippen LogP contribution in [0.25, 0.3) is 0 Å². The Morgan fingerprint density at radius 1 is 1.38 bits per heavy atom. The highest BCUT2D eigenvalue weighted by atomic mass is 32.2. The van der Waals surface area contributed by atoms with Gasteiger partial charge in [-0.3, -0.25) is 4.79 Å². The lowest BCUT2D eigenvalue weighted by molar-refractivity contribution is -0.119. The number of thioether (sulfide) groups is 1. The van der Waals surface area contributed by atoms with E-state index < -0.39 is 0 Å². The molecule has 2 bridgehead atoms. The van der Waals surface area contributed by atoms with Crippen LogP contribution in [0.1, 0.15) is 49.7 Å². The van der Waals surface area contributed by atoms with Crippen LogP contribution < -0.4 is 5.32 Å². The van der Waals surface area contributed by atoms with Crippen molar-refractivity contribution in [1.29, 1.82) is 5.26 Å². The fourth-order valence-electron chi connectivity index (χ4n) is 4.36. The van der Waals surface area contributed by atoms with Gasteiger partial charge in [-0.1, -0.05) is 18.2 Å². The standard InChI is InChI=1S/C18H24N4OS/c1-10(15-7-13-4-5-14(15)6-13)21-17(23)9-24-18-16(8-19)11(2)20-12(3)22-18/h10,13-15H,4-7,9H2,1-3H3,(H,21,23). The first-order valence-electron chi connectivity index (χ1n) is 8.65. The maximum absolute atomic E-state index is 12.3. The van der Waals surface area contributed by atoms with E-state index in [-0.39, 0.29) is 17.7 Å². The third-order valence-corrected chi connectivity index (χ3v) is 6.42. The van der Waals surface area contributed by atoms with Gasteiger partial charge in [0.1, 0.15) is 22.5 Å². The van der Waals surface area contributed by atoms with Crippen LogP contribution in [0.3, 0.4) is 0 Å². The van der Waals surface area contributed by atoms with E-state index >= 15 is 0 Å². The normalized spacial score (nSPS) is 26.2. The molecule has 0 aromatic carbocycles. The van der Waals surface area contributed by atoms with Crippen molar-refractivity contribution in [2.45, 2.75) is 57.5 Å². The van der Waals surface area contributed by atoms with Gasteiger partial charge in [-0.05, 0) is 57.8 Å². The van der Waals surface area contributed by atoms with Crippen molar-refractivity contribution < 1.29 is 4.79 Å². The molecule has 2 aliphatic carbocycles. The quantitative estimate of drug-likeness (QED) is 0.656. The number of aryl methyl sites for hydroxylation is 2. The largest absolute Gasteiger partial charge is 0.353 e. The Balaban J connectivity index is 1.55. The summed E-state index contributed by atoms with van der Waals surface area (Å²) in [5, 5.41) is 13.0. The number of fused-ring (bicyclic) bond motifs is 2. The Labute approximate surface area is 147 Å². The molecule has 1 aromatic rings. The molecule has 4 unspecified atom stereocenters. The predicted octanol–water partition coefficient (Wildman–Crippen LogP) is 3.00. The Morgan fingerprint density at radius 2 is 2.17 bits per heavy atom. The second kappa shape index (κ2) is 7.10. The summed E-state index contributed by atoms with van der Waals surface area (Å²) in [6.45, 7) is 5.73. The van der Waals surface area contributed by atoms with Crippen LogP contribution in [0.2, 0.25) is 0 Å². The van der Waals surface area contributed by atoms with Crippen molar-refractivity contribution in [3.63, 3.8) is 0 Å². The Hall–Kier alpha value is -1.61. The third-order valence-electron chi connectivity index (χ3n) is 5.44. The highest BCUT2D eigenvalue weighted by Gasteiger charge is 2.42. The van der Waals surface area contributed by atoms with Gasteiger partial charge in [-0.25, -0.2) is 9.97 Å². The summed E-state index contributed by atoms with van der Waals surface area (Å²) in [6.07, 6.45) is 5.32. The first-order chi connectivity index (χ1) is 11.5. The molecule has 1 heterocycles. The lowest BCUT2D eigenvalue weighted by Crippen LogP contribution is -2.40. The van der Waals surface area contributed by atoms with E-state index in [0.717, 1.165) is 11.8 Å². The summed E-state index contributed by atoms with van der Waals surface area (Å²) in [4.78, 5) is 20.8. The molecule has 0 radical (unpaired) electrons. The summed E-state index contributed by atoms with van der Waals surface area (Å²) >= 11 is 1.32. The van der Waals surface area contributed by atoms with Gasteiger partial charge < -0.3 is 5.32 Å². The zero-order chi connectivity index (χ0) is 17.3. The molecule has 128 valence electrons. The number of carbonyl (C=O) groups is 1. The second-order valence-corrected chi connectivity index (χ2v) is 8.10. The van der Waals surface area contributed by atoms with Crippen LogP contribution in [-0.2, 0) is 4.79 Å². The molecule has 0 spiro atoms. The van der Waals surface area contributed by atoms with Gasteiger partial charge in [0.15, 0.2) is 0 Å².